The lowest BCUT2D eigenvalue weighted by molar-refractivity contribution is 0.0680. The van der Waals surface area contributed by atoms with Gasteiger partial charge in [-0.1, -0.05) is 22.9 Å². The SMILES string of the molecule is CNCCC1CCN(C(=O)c2nnn(-c3cccc(Cl)c3)c2C)CC1.Cl. The van der Waals surface area contributed by atoms with Gasteiger partial charge < -0.3 is 10.2 Å². The molecule has 0 spiro atoms. The number of rotatable bonds is 5. The highest BCUT2D eigenvalue weighted by molar-refractivity contribution is 6.30. The van der Waals surface area contributed by atoms with Crippen LogP contribution in [0.4, 0.5) is 0 Å². The lowest BCUT2D eigenvalue weighted by Gasteiger charge is -2.31. The number of halogens is 2. The molecule has 1 saturated heterocycles. The zero-order valence-electron chi connectivity index (χ0n) is 15.1. The van der Waals surface area contributed by atoms with Crippen molar-refractivity contribution in [2.24, 2.45) is 5.92 Å². The number of benzene rings is 1. The number of piperidine rings is 1. The van der Waals surface area contributed by atoms with E-state index in [2.05, 4.69) is 15.6 Å². The highest BCUT2D eigenvalue weighted by Gasteiger charge is 2.27. The largest absolute Gasteiger partial charge is 0.337 e. The van der Waals surface area contributed by atoms with Crippen molar-refractivity contribution in [3.63, 3.8) is 0 Å². The van der Waals surface area contributed by atoms with Crippen molar-refractivity contribution in [3.8, 4) is 5.69 Å². The average molecular weight is 398 g/mol. The standard InChI is InChI=1S/C18H24ClN5O.ClH/c1-13-17(21-22-24(13)16-5-3-4-15(19)12-16)18(25)23-10-7-14(8-11-23)6-9-20-2;/h3-5,12,14,20H,6-11H2,1-2H3;1H. The number of nitrogens with zero attached hydrogens (tertiary/aromatic N) is 4. The maximum Gasteiger partial charge on any atom is 0.276 e. The van der Waals surface area contributed by atoms with E-state index in [9.17, 15) is 4.79 Å². The fraction of sp³-hybridized carbons (Fsp3) is 0.500. The van der Waals surface area contributed by atoms with Gasteiger partial charge in [-0.3, -0.25) is 4.79 Å². The predicted molar refractivity (Wildman–Crippen MR) is 106 cm³/mol. The zero-order valence-corrected chi connectivity index (χ0v) is 16.7. The normalized spacial score (nSPS) is 15.0. The lowest BCUT2D eigenvalue weighted by Crippen LogP contribution is -2.39. The second kappa shape index (κ2) is 9.35. The van der Waals surface area contributed by atoms with Crippen molar-refractivity contribution in [2.75, 3.05) is 26.7 Å². The van der Waals surface area contributed by atoms with E-state index in [4.69, 9.17) is 11.6 Å². The Labute approximate surface area is 165 Å². The molecule has 1 N–H and O–H groups in total. The fourth-order valence-electron chi connectivity index (χ4n) is 3.30. The Balaban J connectivity index is 0.00000243. The fourth-order valence-corrected chi connectivity index (χ4v) is 3.49. The quantitative estimate of drug-likeness (QED) is 0.841. The van der Waals surface area contributed by atoms with Crippen molar-refractivity contribution in [1.29, 1.82) is 0 Å². The van der Waals surface area contributed by atoms with Crippen molar-refractivity contribution < 1.29 is 4.79 Å². The summed E-state index contributed by atoms with van der Waals surface area (Å²) in [6.07, 6.45) is 3.27. The van der Waals surface area contributed by atoms with Gasteiger partial charge in [-0.05, 0) is 63.9 Å². The Morgan fingerprint density at radius 3 is 2.73 bits per heavy atom. The second-order valence-corrected chi connectivity index (χ2v) is 6.98. The third kappa shape index (κ3) is 4.55. The molecule has 1 fully saturated rings. The monoisotopic (exact) mass is 397 g/mol. The summed E-state index contributed by atoms with van der Waals surface area (Å²) in [6.45, 7) is 4.48. The number of nitrogens with one attached hydrogen (secondary N) is 1. The molecule has 142 valence electrons. The average Bonchev–Trinajstić information content (AvgIpc) is 3.01. The first kappa shape index (κ1) is 20.7. The van der Waals surface area contributed by atoms with Gasteiger partial charge in [-0.25, -0.2) is 4.68 Å². The number of likely N-dealkylation sites (tertiary alicyclic amines) is 1. The van der Waals surface area contributed by atoms with E-state index >= 15 is 0 Å². The molecular weight excluding hydrogens is 373 g/mol. The molecule has 3 rings (SSSR count). The number of carbonyl (C=O) groups excluding carboxylic acids is 1. The molecule has 26 heavy (non-hydrogen) atoms. The molecule has 1 aromatic heterocycles. The van der Waals surface area contributed by atoms with Crippen LogP contribution in [0.1, 0.15) is 35.4 Å². The molecule has 0 radical (unpaired) electrons. The van der Waals surface area contributed by atoms with Crippen LogP contribution in [0.5, 0.6) is 0 Å². The van der Waals surface area contributed by atoms with Crippen LogP contribution < -0.4 is 5.32 Å². The molecule has 6 nitrogen and oxygen atoms in total. The summed E-state index contributed by atoms with van der Waals surface area (Å²) >= 11 is 6.05. The minimum atomic E-state index is -0.0298. The number of hydrogen-bond donors (Lipinski definition) is 1. The van der Waals surface area contributed by atoms with Crippen molar-refractivity contribution in [1.82, 2.24) is 25.2 Å². The van der Waals surface area contributed by atoms with Crippen LogP contribution in [0.15, 0.2) is 24.3 Å². The van der Waals surface area contributed by atoms with Crippen LogP contribution in [0.25, 0.3) is 5.69 Å². The summed E-state index contributed by atoms with van der Waals surface area (Å²) in [6, 6.07) is 7.37. The Bertz CT molecular complexity index is 741. The molecule has 0 atom stereocenters. The van der Waals surface area contributed by atoms with E-state index in [1.54, 1.807) is 4.68 Å². The maximum absolute atomic E-state index is 12.8. The number of carbonyl (C=O) groups is 1. The summed E-state index contributed by atoms with van der Waals surface area (Å²) in [5, 5.41) is 12.1. The van der Waals surface area contributed by atoms with Gasteiger partial charge in [0.05, 0.1) is 11.4 Å². The third-order valence-corrected chi connectivity index (χ3v) is 5.09. The summed E-state index contributed by atoms with van der Waals surface area (Å²) in [5.41, 5.74) is 1.97. The maximum atomic E-state index is 12.8. The molecule has 2 aromatic rings. The van der Waals surface area contributed by atoms with E-state index in [0.717, 1.165) is 43.9 Å². The molecule has 1 amide bonds. The number of hydrogen-bond acceptors (Lipinski definition) is 4. The van der Waals surface area contributed by atoms with E-state index in [1.807, 2.05) is 43.1 Å². The summed E-state index contributed by atoms with van der Waals surface area (Å²) < 4.78 is 1.67. The van der Waals surface area contributed by atoms with E-state index in [0.29, 0.717) is 16.6 Å². The molecule has 2 heterocycles. The molecule has 8 heteroatoms. The third-order valence-electron chi connectivity index (χ3n) is 4.85. The van der Waals surface area contributed by atoms with Crippen LogP contribution in [0.2, 0.25) is 5.02 Å². The van der Waals surface area contributed by atoms with Gasteiger partial charge in [0.15, 0.2) is 5.69 Å². The van der Waals surface area contributed by atoms with Gasteiger partial charge in [-0.15, -0.1) is 17.5 Å². The van der Waals surface area contributed by atoms with E-state index < -0.39 is 0 Å². The summed E-state index contributed by atoms with van der Waals surface area (Å²) in [5.74, 6) is 0.664. The summed E-state index contributed by atoms with van der Waals surface area (Å²) in [4.78, 5) is 14.7. The minimum Gasteiger partial charge on any atom is -0.337 e. The van der Waals surface area contributed by atoms with Crippen molar-refractivity contribution in [3.05, 3.63) is 40.7 Å². The first-order chi connectivity index (χ1) is 12.1. The Morgan fingerprint density at radius 2 is 2.08 bits per heavy atom. The van der Waals surface area contributed by atoms with Crippen LogP contribution >= 0.6 is 24.0 Å². The van der Waals surface area contributed by atoms with Crippen LogP contribution in [-0.2, 0) is 0 Å². The first-order valence-electron chi connectivity index (χ1n) is 8.72. The van der Waals surface area contributed by atoms with Gasteiger partial charge in [0.2, 0.25) is 0 Å². The molecular formula is C18H25Cl2N5O. The Kier molecular flexibility index (Phi) is 7.43. The minimum absolute atomic E-state index is 0. The summed E-state index contributed by atoms with van der Waals surface area (Å²) in [7, 11) is 1.98. The van der Waals surface area contributed by atoms with Crippen molar-refractivity contribution >= 4 is 29.9 Å². The second-order valence-electron chi connectivity index (χ2n) is 6.54. The highest BCUT2D eigenvalue weighted by atomic mass is 35.5. The van der Waals surface area contributed by atoms with Crippen LogP contribution in [0.3, 0.4) is 0 Å². The highest BCUT2D eigenvalue weighted by Crippen LogP contribution is 2.22. The number of aromatic nitrogens is 3. The van der Waals surface area contributed by atoms with Gasteiger partial charge >= 0.3 is 0 Å². The van der Waals surface area contributed by atoms with Gasteiger partial charge in [0, 0.05) is 18.1 Å². The molecule has 0 aliphatic carbocycles. The smallest absolute Gasteiger partial charge is 0.276 e. The van der Waals surface area contributed by atoms with E-state index in [1.165, 1.54) is 6.42 Å². The lowest BCUT2D eigenvalue weighted by atomic mass is 9.93. The molecule has 0 saturated carbocycles. The predicted octanol–water partition coefficient (Wildman–Crippen LogP) is 3.11. The van der Waals surface area contributed by atoms with E-state index in [-0.39, 0.29) is 18.3 Å². The van der Waals surface area contributed by atoms with Gasteiger partial charge in [0.25, 0.3) is 5.91 Å². The molecule has 0 unspecified atom stereocenters. The van der Waals surface area contributed by atoms with Gasteiger partial charge in [0.1, 0.15) is 0 Å². The van der Waals surface area contributed by atoms with Crippen LogP contribution in [0, 0.1) is 12.8 Å². The van der Waals surface area contributed by atoms with Gasteiger partial charge in [-0.2, -0.15) is 0 Å². The Hall–Kier alpha value is -1.63. The van der Waals surface area contributed by atoms with Crippen LogP contribution in [-0.4, -0.2) is 52.5 Å². The molecule has 1 aliphatic heterocycles. The Morgan fingerprint density at radius 1 is 1.35 bits per heavy atom. The molecule has 1 aromatic carbocycles. The zero-order chi connectivity index (χ0) is 17.8. The van der Waals surface area contributed by atoms with Crippen molar-refractivity contribution in [2.45, 2.75) is 26.2 Å². The number of amides is 1. The molecule has 1 aliphatic rings. The molecule has 0 bridgehead atoms. The topological polar surface area (TPSA) is 63.1 Å². The first-order valence-corrected chi connectivity index (χ1v) is 9.10.